The van der Waals surface area contributed by atoms with E-state index in [2.05, 4.69) is 9.97 Å². The average molecular weight is 221 g/mol. The van der Waals surface area contributed by atoms with Crippen LogP contribution in [0.25, 0.3) is 0 Å². The number of ether oxygens (including phenoxy) is 1. The van der Waals surface area contributed by atoms with Crippen molar-refractivity contribution in [2.45, 2.75) is 12.3 Å². The second-order valence-electron chi connectivity index (χ2n) is 3.16. The molecule has 0 amide bonds. The minimum Gasteiger partial charge on any atom is -0.490 e. The lowest BCUT2D eigenvalue weighted by Gasteiger charge is -2.03. The van der Waals surface area contributed by atoms with E-state index < -0.39 is 11.8 Å². The van der Waals surface area contributed by atoms with E-state index >= 15 is 0 Å². The van der Waals surface area contributed by atoms with Gasteiger partial charge in [0.1, 0.15) is 0 Å². The van der Waals surface area contributed by atoms with Crippen molar-refractivity contribution in [1.82, 2.24) is 9.97 Å². The van der Waals surface area contributed by atoms with E-state index in [1.54, 1.807) is 0 Å². The topological polar surface area (TPSA) is 35.0 Å². The predicted octanol–water partition coefficient (Wildman–Crippen LogP) is 2.16. The minimum absolute atomic E-state index is 0.00199. The van der Waals surface area contributed by atoms with Gasteiger partial charge in [0.2, 0.25) is 5.28 Å². The van der Waals surface area contributed by atoms with E-state index in [4.69, 9.17) is 16.3 Å². The summed E-state index contributed by atoms with van der Waals surface area (Å²) >= 11 is 5.43. The summed E-state index contributed by atoms with van der Waals surface area (Å²) in [5.74, 6) is -2.86. The Morgan fingerprint density at radius 1 is 1.50 bits per heavy atom. The fraction of sp³-hybridized carbons (Fsp3) is 0.500. The van der Waals surface area contributed by atoms with Crippen molar-refractivity contribution >= 4 is 11.6 Å². The lowest BCUT2D eigenvalue weighted by molar-refractivity contribution is 0.0855. The van der Waals surface area contributed by atoms with Gasteiger partial charge < -0.3 is 4.74 Å². The normalized spacial score (nSPS) is 23.2. The van der Waals surface area contributed by atoms with E-state index in [1.165, 1.54) is 12.4 Å². The zero-order chi connectivity index (χ0) is 10.2. The van der Waals surface area contributed by atoms with Crippen molar-refractivity contribution in [3.05, 3.63) is 17.7 Å². The van der Waals surface area contributed by atoms with Gasteiger partial charge in [0.15, 0.2) is 5.75 Å². The molecule has 3 nitrogen and oxygen atoms in total. The molecule has 1 aromatic rings. The van der Waals surface area contributed by atoms with Crippen LogP contribution in [0, 0.1) is 5.92 Å². The number of hydrogen-bond acceptors (Lipinski definition) is 3. The molecule has 1 saturated carbocycles. The number of nitrogens with zero attached hydrogens (tertiary/aromatic N) is 2. The van der Waals surface area contributed by atoms with Crippen LogP contribution in [-0.2, 0) is 0 Å². The fourth-order valence-electron chi connectivity index (χ4n) is 1.02. The molecule has 0 radical (unpaired) electrons. The Bertz CT molecular complexity index is 331. The van der Waals surface area contributed by atoms with Crippen LogP contribution in [0.2, 0.25) is 5.28 Å². The van der Waals surface area contributed by atoms with Crippen molar-refractivity contribution in [3.63, 3.8) is 0 Å². The summed E-state index contributed by atoms with van der Waals surface area (Å²) in [5, 5.41) is 0.106. The van der Waals surface area contributed by atoms with Crippen LogP contribution < -0.4 is 4.74 Å². The third-order valence-electron chi connectivity index (χ3n) is 2.00. The summed E-state index contributed by atoms with van der Waals surface area (Å²) in [6.07, 6.45) is 2.62. The second-order valence-corrected chi connectivity index (χ2v) is 3.50. The highest BCUT2D eigenvalue weighted by atomic mass is 35.5. The van der Waals surface area contributed by atoms with Crippen LogP contribution >= 0.6 is 11.6 Å². The lowest BCUT2D eigenvalue weighted by atomic mass is 10.4. The highest BCUT2D eigenvalue weighted by Crippen LogP contribution is 2.48. The molecule has 0 saturated heterocycles. The molecule has 1 fully saturated rings. The van der Waals surface area contributed by atoms with Crippen molar-refractivity contribution in [2.75, 3.05) is 6.61 Å². The van der Waals surface area contributed by atoms with E-state index in [0.717, 1.165) is 0 Å². The summed E-state index contributed by atoms with van der Waals surface area (Å²) < 4.78 is 29.9. The fourth-order valence-corrected chi connectivity index (χ4v) is 1.12. The number of rotatable bonds is 3. The van der Waals surface area contributed by atoms with Gasteiger partial charge in [0.05, 0.1) is 24.9 Å². The quantitative estimate of drug-likeness (QED) is 0.733. The third-order valence-corrected chi connectivity index (χ3v) is 2.20. The molecule has 0 aliphatic heterocycles. The van der Waals surface area contributed by atoms with Gasteiger partial charge in [0.25, 0.3) is 5.92 Å². The zero-order valence-corrected chi connectivity index (χ0v) is 7.84. The van der Waals surface area contributed by atoms with Crippen LogP contribution in [0.4, 0.5) is 8.78 Å². The Kier molecular flexibility index (Phi) is 2.26. The number of alkyl halides is 2. The van der Waals surface area contributed by atoms with Gasteiger partial charge in [-0.05, 0) is 11.6 Å². The molecule has 76 valence electrons. The highest BCUT2D eigenvalue weighted by molar-refractivity contribution is 6.28. The maximum Gasteiger partial charge on any atom is 0.255 e. The molecule has 6 heteroatoms. The largest absolute Gasteiger partial charge is 0.490 e. The Hall–Kier alpha value is -0.970. The molecule has 0 N–H and O–H groups in total. The maximum absolute atomic E-state index is 12.4. The Morgan fingerprint density at radius 3 is 2.57 bits per heavy atom. The smallest absolute Gasteiger partial charge is 0.255 e. The van der Waals surface area contributed by atoms with Crippen molar-refractivity contribution < 1.29 is 13.5 Å². The summed E-state index contributed by atoms with van der Waals surface area (Å²) in [6.45, 7) is -0.00199. The Morgan fingerprint density at radius 2 is 2.07 bits per heavy atom. The molecule has 14 heavy (non-hydrogen) atoms. The standard InChI is InChI=1S/C8H7ClF2N2O/c9-7-12-2-6(3-13-7)14-4-5-1-8(5,10)11/h2-3,5H,1,4H2/t5-/m1/s1. The van der Waals surface area contributed by atoms with E-state index in [9.17, 15) is 8.78 Å². The van der Waals surface area contributed by atoms with Gasteiger partial charge in [-0.25, -0.2) is 18.7 Å². The first-order chi connectivity index (χ1) is 6.58. The maximum atomic E-state index is 12.4. The summed E-state index contributed by atoms with van der Waals surface area (Å²) in [4.78, 5) is 7.31. The van der Waals surface area contributed by atoms with Gasteiger partial charge in [0, 0.05) is 6.42 Å². The molecule has 0 aromatic carbocycles. The number of aromatic nitrogens is 2. The van der Waals surface area contributed by atoms with Crippen molar-refractivity contribution in [2.24, 2.45) is 5.92 Å². The SMILES string of the molecule is FC1(F)C[C@@H]1COc1cnc(Cl)nc1. The molecule has 2 rings (SSSR count). The summed E-state index contributed by atoms with van der Waals surface area (Å²) in [6, 6.07) is 0. The minimum atomic E-state index is -2.55. The first kappa shape index (κ1) is 9.58. The molecule has 0 bridgehead atoms. The summed E-state index contributed by atoms with van der Waals surface area (Å²) in [7, 11) is 0. The van der Waals surface area contributed by atoms with Gasteiger partial charge in [-0.2, -0.15) is 0 Å². The van der Waals surface area contributed by atoms with Gasteiger partial charge in [-0.1, -0.05) is 0 Å². The molecule has 1 atom stereocenters. The highest BCUT2D eigenvalue weighted by Gasteiger charge is 2.57. The Balaban J connectivity index is 1.84. The molecular weight excluding hydrogens is 214 g/mol. The van der Waals surface area contributed by atoms with Crippen LogP contribution in [0.15, 0.2) is 12.4 Å². The molecular formula is C8H7ClF2N2O. The molecule has 0 spiro atoms. The van der Waals surface area contributed by atoms with Crippen LogP contribution in [0.3, 0.4) is 0 Å². The number of hydrogen-bond donors (Lipinski definition) is 0. The number of halogens is 3. The van der Waals surface area contributed by atoms with Crippen molar-refractivity contribution in [1.29, 1.82) is 0 Å². The molecule has 1 aromatic heterocycles. The van der Waals surface area contributed by atoms with Crippen molar-refractivity contribution in [3.8, 4) is 5.75 Å². The molecule has 1 aliphatic carbocycles. The average Bonchev–Trinajstić information content (AvgIpc) is 2.73. The van der Waals surface area contributed by atoms with Crippen LogP contribution in [0.5, 0.6) is 5.75 Å². The Labute approximate surface area is 84.1 Å². The monoisotopic (exact) mass is 220 g/mol. The summed E-state index contributed by atoms with van der Waals surface area (Å²) in [5.41, 5.74) is 0. The van der Waals surface area contributed by atoms with Gasteiger partial charge in [-0.3, -0.25) is 0 Å². The third kappa shape index (κ3) is 2.09. The first-order valence-electron chi connectivity index (χ1n) is 4.06. The second kappa shape index (κ2) is 3.31. The zero-order valence-electron chi connectivity index (χ0n) is 7.08. The van der Waals surface area contributed by atoms with Gasteiger partial charge >= 0.3 is 0 Å². The lowest BCUT2D eigenvalue weighted by Crippen LogP contribution is -2.05. The molecule has 1 aliphatic rings. The van der Waals surface area contributed by atoms with Gasteiger partial charge in [-0.15, -0.1) is 0 Å². The van der Waals surface area contributed by atoms with Crippen LogP contribution in [-0.4, -0.2) is 22.5 Å². The van der Waals surface area contributed by atoms with E-state index in [-0.39, 0.29) is 18.3 Å². The first-order valence-corrected chi connectivity index (χ1v) is 4.44. The van der Waals surface area contributed by atoms with E-state index in [1.807, 2.05) is 0 Å². The predicted molar refractivity (Wildman–Crippen MR) is 45.6 cm³/mol. The molecule has 0 unspecified atom stereocenters. The van der Waals surface area contributed by atoms with Crippen LogP contribution in [0.1, 0.15) is 6.42 Å². The van der Waals surface area contributed by atoms with E-state index in [0.29, 0.717) is 5.75 Å². The molecule has 1 heterocycles.